The average Bonchev–Trinajstić information content (AvgIpc) is 2.29. The van der Waals surface area contributed by atoms with Crippen LogP contribution in [0.4, 0.5) is 10.1 Å². The maximum absolute atomic E-state index is 13.0. The molecule has 4 nitrogen and oxygen atoms in total. The second-order valence-corrected chi connectivity index (χ2v) is 3.56. The molecule has 5 heteroatoms. The molecule has 2 N–H and O–H groups in total. The number of amides is 1. The van der Waals surface area contributed by atoms with Crippen LogP contribution < -0.4 is 10.6 Å². The van der Waals surface area contributed by atoms with Crippen molar-refractivity contribution >= 4 is 11.6 Å². The van der Waals surface area contributed by atoms with E-state index < -0.39 is 6.10 Å². The van der Waals surface area contributed by atoms with Crippen LogP contribution in [0.5, 0.6) is 0 Å². The van der Waals surface area contributed by atoms with Crippen LogP contribution in [0.2, 0.25) is 0 Å². The molecule has 0 saturated carbocycles. The summed E-state index contributed by atoms with van der Waals surface area (Å²) in [5.41, 5.74) is 5.97. The second kappa shape index (κ2) is 4.59. The number of rotatable bonds is 2. The van der Waals surface area contributed by atoms with E-state index in [9.17, 15) is 9.18 Å². The molecule has 0 aliphatic carbocycles. The molecule has 1 atom stereocenters. The quantitative estimate of drug-likeness (QED) is 0.796. The molecule has 1 aliphatic rings. The van der Waals surface area contributed by atoms with Crippen LogP contribution in [0.15, 0.2) is 24.3 Å². The lowest BCUT2D eigenvalue weighted by molar-refractivity contribution is -0.133. The number of hydrogen-bond acceptors (Lipinski definition) is 3. The van der Waals surface area contributed by atoms with Gasteiger partial charge in [0.05, 0.1) is 6.61 Å². The Morgan fingerprint density at radius 1 is 1.56 bits per heavy atom. The van der Waals surface area contributed by atoms with Crippen molar-refractivity contribution < 1.29 is 13.9 Å². The fourth-order valence-electron chi connectivity index (χ4n) is 1.71. The van der Waals surface area contributed by atoms with Gasteiger partial charge in [-0.3, -0.25) is 4.79 Å². The van der Waals surface area contributed by atoms with Crippen molar-refractivity contribution in [3.63, 3.8) is 0 Å². The second-order valence-electron chi connectivity index (χ2n) is 3.56. The zero-order chi connectivity index (χ0) is 11.5. The standard InChI is InChI=1S/C11H13FN2O2/c12-8-2-1-3-9(6-8)14-4-5-16-10(7-13)11(14)15/h1-3,6,10H,4-5,7,13H2. The predicted octanol–water partition coefficient (Wildman–Crippen LogP) is 0.516. The molecule has 0 bridgehead atoms. The maximum atomic E-state index is 13.0. The van der Waals surface area contributed by atoms with E-state index in [4.69, 9.17) is 10.5 Å². The number of carbonyl (C=O) groups excluding carboxylic acids is 1. The van der Waals surface area contributed by atoms with Crippen molar-refractivity contribution in [2.75, 3.05) is 24.6 Å². The van der Waals surface area contributed by atoms with E-state index in [1.165, 1.54) is 17.0 Å². The highest BCUT2D eigenvalue weighted by atomic mass is 19.1. The maximum Gasteiger partial charge on any atom is 0.257 e. The first-order chi connectivity index (χ1) is 7.72. The lowest BCUT2D eigenvalue weighted by atomic mass is 10.2. The first-order valence-corrected chi connectivity index (χ1v) is 5.11. The number of halogens is 1. The van der Waals surface area contributed by atoms with Gasteiger partial charge in [-0.1, -0.05) is 6.07 Å². The number of hydrogen-bond donors (Lipinski definition) is 1. The summed E-state index contributed by atoms with van der Waals surface area (Å²) in [4.78, 5) is 13.4. The van der Waals surface area contributed by atoms with Gasteiger partial charge in [0.15, 0.2) is 0 Å². The van der Waals surface area contributed by atoms with E-state index >= 15 is 0 Å². The van der Waals surface area contributed by atoms with E-state index in [0.29, 0.717) is 18.8 Å². The molecule has 1 aliphatic heterocycles. The molecule has 1 heterocycles. The molecule has 0 spiro atoms. The molecule has 1 unspecified atom stereocenters. The Kier molecular flexibility index (Phi) is 3.17. The van der Waals surface area contributed by atoms with Gasteiger partial charge in [-0.2, -0.15) is 0 Å². The number of benzene rings is 1. The van der Waals surface area contributed by atoms with Gasteiger partial charge < -0.3 is 15.4 Å². The molecule has 1 amide bonds. The highest BCUT2D eigenvalue weighted by Gasteiger charge is 2.29. The fraction of sp³-hybridized carbons (Fsp3) is 0.364. The molecule has 1 aromatic rings. The van der Waals surface area contributed by atoms with Gasteiger partial charge in [0.25, 0.3) is 5.91 Å². The number of carbonyl (C=O) groups is 1. The third-order valence-corrected chi connectivity index (χ3v) is 2.51. The van der Waals surface area contributed by atoms with Crippen LogP contribution in [0.1, 0.15) is 0 Å². The van der Waals surface area contributed by atoms with E-state index in [2.05, 4.69) is 0 Å². The predicted molar refractivity (Wildman–Crippen MR) is 57.5 cm³/mol. The highest BCUT2D eigenvalue weighted by Crippen LogP contribution is 2.19. The largest absolute Gasteiger partial charge is 0.365 e. The van der Waals surface area contributed by atoms with Gasteiger partial charge in [-0.25, -0.2) is 4.39 Å². The molecular weight excluding hydrogens is 211 g/mol. The highest BCUT2D eigenvalue weighted by molar-refractivity contribution is 5.97. The number of nitrogens with two attached hydrogens (primary N) is 1. The zero-order valence-corrected chi connectivity index (χ0v) is 8.73. The minimum Gasteiger partial charge on any atom is -0.365 e. The van der Waals surface area contributed by atoms with Gasteiger partial charge in [0.1, 0.15) is 11.9 Å². The SMILES string of the molecule is NCC1OCCN(c2cccc(F)c2)C1=O. The van der Waals surface area contributed by atoms with Crippen molar-refractivity contribution in [2.24, 2.45) is 5.73 Å². The summed E-state index contributed by atoms with van der Waals surface area (Å²) >= 11 is 0. The van der Waals surface area contributed by atoms with Gasteiger partial charge >= 0.3 is 0 Å². The fourth-order valence-corrected chi connectivity index (χ4v) is 1.71. The molecule has 16 heavy (non-hydrogen) atoms. The summed E-state index contributed by atoms with van der Waals surface area (Å²) in [6.45, 7) is 0.994. The Hall–Kier alpha value is -1.46. The molecular formula is C11H13FN2O2. The molecule has 0 radical (unpaired) electrons. The summed E-state index contributed by atoms with van der Waals surface area (Å²) < 4.78 is 18.2. The normalized spacial score (nSPS) is 21.2. The first-order valence-electron chi connectivity index (χ1n) is 5.11. The van der Waals surface area contributed by atoms with E-state index in [1.807, 2.05) is 0 Å². The van der Waals surface area contributed by atoms with Gasteiger partial charge in [-0.15, -0.1) is 0 Å². The van der Waals surface area contributed by atoms with Crippen LogP contribution in [0.3, 0.4) is 0 Å². The number of morpholine rings is 1. The van der Waals surface area contributed by atoms with E-state index in [0.717, 1.165) is 0 Å². The Bertz CT molecular complexity index is 397. The Balaban J connectivity index is 2.23. The van der Waals surface area contributed by atoms with Crippen LogP contribution >= 0.6 is 0 Å². The van der Waals surface area contributed by atoms with Crippen molar-refractivity contribution in [2.45, 2.75) is 6.10 Å². The Labute approximate surface area is 92.8 Å². The van der Waals surface area contributed by atoms with Gasteiger partial charge in [0, 0.05) is 18.8 Å². The molecule has 86 valence electrons. The minimum atomic E-state index is -0.614. The van der Waals surface area contributed by atoms with Crippen molar-refractivity contribution in [3.8, 4) is 0 Å². The van der Waals surface area contributed by atoms with Crippen LogP contribution in [-0.2, 0) is 9.53 Å². The Morgan fingerprint density at radius 2 is 2.38 bits per heavy atom. The van der Waals surface area contributed by atoms with Crippen molar-refractivity contribution in [1.82, 2.24) is 0 Å². The molecule has 2 rings (SSSR count). The third-order valence-electron chi connectivity index (χ3n) is 2.51. The van der Waals surface area contributed by atoms with Crippen LogP contribution in [-0.4, -0.2) is 31.7 Å². The molecule has 0 aromatic heterocycles. The average molecular weight is 224 g/mol. The minimum absolute atomic E-state index is 0.144. The Morgan fingerprint density at radius 3 is 3.06 bits per heavy atom. The van der Waals surface area contributed by atoms with Crippen molar-refractivity contribution in [1.29, 1.82) is 0 Å². The lowest BCUT2D eigenvalue weighted by Gasteiger charge is -2.31. The molecule has 1 saturated heterocycles. The summed E-state index contributed by atoms with van der Waals surface area (Å²) in [5.74, 6) is -0.569. The molecule has 1 fully saturated rings. The van der Waals surface area contributed by atoms with Gasteiger partial charge in [-0.05, 0) is 18.2 Å². The summed E-state index contributed by atoms with van der Waals surface area (Å²) in [5, 5.41) is 0. The number of nitrogens with zero attached hydrogens (tertiary/aromatic N) is 1. The third kappa shape index (κ3) is 2.05. The first kappa shape index (κ1) is 11.0. The van der Waals surface area contributed by atoms with Crippen molar-refractivity contribution in [3.05, 3.63) is 30.1 Å². The topological polar surface area (TPSA) is 55.6 Å². The number of ether oxygens (including phenoxy) is 1. The van der Waals surface area contributed by atoms with Crippen LogP contribution in [0.25, 0.3) is 0 Å². The zero-order valence-electron chi connectivity index (χ0n) is 8.73. The summed E-state index contributed by atoms with van der Waals surface area (Å²) in [6, 6.07) is 5.94. The lowest BCUT2D eigenvalue weighted by Crippen LogP contribution is -2.50. The van der Waals surface area contributed by atoms with E-state index in [1.54, 1.807) is 12.1 Å². The molecule has 1 aromatic carbocycles. The van der Waals surface area contributed by atoms with Crippen LogP contribution in [0, 0.1) is 5.82 Å². The van der Waals surface area contributed by atoms with E-state index in [-0.39, 0.29) is 18.3 Å². The van der Waals surface area contributed by atoms with Gasteiger partial charge in [0.2, 0.25) is 0 Å². The summed E-state index contributed by atoms with van der Waals surface area (Å²) in [6.07, 6.45) is -0.614. The summed E-state index contributed by atoms with van der Waals surface area (Å²) in [7, 11) is 0. The smallest absolute Gasteiger partial charge is 0.257 e. The number of anilines is 1. The monoisotopic (exact) mass is 224 g/mol.